The van der Waals surface area contributed by atoms with Gasteiger partial charge in [-0.25, -0.2) is 13.8 Å². The van der Waals surface area contributed by atoms with E-state index in [1.165, 1.54) is 0 Å². The van der Waals surface area contributed by atoms with Gasteiger partial charge in [-0.15, -0.1) is 0 Å². The molecule has 1 aromatic carbocycles. The normalized spacial score (nSPS) is 25.9. The smallest absolute Gasteiger partial charge is 0.270 e. The van der Waals surface area contributed by atoms with Crippen molar-refractivity contribution in [1.82, 2.24) is 15.6 Å². The summed E-state index contributed by atoms with van der Waals surface area (Å²) < 4.78 is 32.9. The lowest BCUT2D eigenvalue weighted by atomic mass is 9.94. The van der Waals surface area contributed by atoms with Gasteiger partial charge in [-0.1, -0.05) is 23.2 Å². The molecule has 2 aliphatic heterocycles. The number of benzene rings is 1. The summed E-state index contributed by atoms with van der Waals surface area (Å²) in [6.07, 6.45) is 5.04. The van der Waals surface area contributed by atoms with Crippen molar-refractivity contribution in [3.8, 4) is 5.75 Å². The second-order valence-corrected chi connectivity index (χ2v) is 11.3. The van der Waals surface area contributed by atoms with Gasteiger partial charge in [0, 0.05) is 23.7 Å². The topological polar surface area (TPSA) is 83.6 Å². The summed E-state index contributed by atoms with van der Waals surface area (Å²) in [4.78, 5) is 33.1. The summed E-state index contributed by atoms with van der Waals surface area (Å²) in [5, 5.41) is 6.36. The molecule has 1 saturated carbocycles. The number of nitrogens with zero attached hydrogens (tertiary/aromatic N) is 2. The Balaban J connectivity index is 1.41. The first-order valence-electron chi connectivity index (χ1n) is 12.3. The van der Waals surface area contributed by atoms with Crippen LogP contribution in [-0.2, 0) is 4.79 Å². The monoisotopic (exact) mass is 552 g/mol. The highest BCUT2D eigenvalue weighted by Crippen LogP contribution is 2.46. The Morgan fingerprint density at radius 2 is 1.95 bits per heavy atom. The Labute approximate surface area is 223 Å². The van der Waals surface area contributed by atoms with E-state index in [9.17, 15) is 18.4 Å². The molecule has 3 unspecified atom stereocenters. The molecule has 0 spiro atoms. The fourth-order valence-corrected chi connectivity index (χ4v) is 5.77. The molecule has 3 fully saturated rings. The number of amides is 2. The number of pyridine rings is 1. The molecule has 5 rings (SSSR count). The van der Waals surface area contributed by atoms with Gasteiger partial charge in [0.25, 0.3) is 17.7 Å². The zero-order chi connectivity index (χ0) is 26.6. The van der Waals surface area contributed by atoms with Crippen molar-refractivity contribution >= 4 is 40.8 Å². The first kappa shape index (κ1) is 26.0. The first-order chi connectivity index (χ1) is 17.4. The van der Waals surface area contributed by atoms with Gasteiger partial charge in [0.1, 0.15) is 17.2 Å². The maximum Gasteiger partial charge on any atom is 0.270 e. The van der Waals surface area contributed by atoms with Gasteiger partial charge >= 0.3 is 0 Å². The van der Waals surface area contributed by atoms with Gasteiger partial charge in [-0.3, -0.25) is 9.59 Å². The van der Waals surface area contributed by atoms with Crippen LogP contribution in [0.3, 0.4) is 0 Å². The van der Waals surface area contributed by atoms with Crippen molar-refractivity contribution in [3.63, 3.8) is 0 Å². The van der Waals surface area contributed by atoms with Crippen LogP contribution in [0, 0.1) is 0 Å². The average Bonchev–Trinajstić information content (AvgIpc) is 3.37. The lowest BCUT2D eigenvalue weighted by molar-refractivity contribution is -0.136. The van der Waals surface area contributed by atoms with Gasteiger partial charge < -0.3 is 20.3 Å². The lowest BCUT2D eigenvalue weighted by Gasteiger charge is -2.47. The second-order valence-electron chi connectivity index (χ2n) is 10.5. The van der Waals surface area contributed by atoms with Crippen LogP contribution in [0.15, 0.2) is 36.5 Å². The predicted molar refractivity (Wildman–Crippen MR) is 136 cm³/mol. The molecule has 37 heavy (non-hydrogen) atoms. The number of fused-ring (bicyclic) bond motifs is 2. The van der Waals surface area contributed by atoms with Crippen LogP contribution in [0.5, 0.6) is 5.75 Å². The average molecular weight is 553 g/mol. The number of anilines is 1. The van der Waals surface area contributed by atoms with E-state index in [1.807, 2.05) is 4.90 Å². The zero-order valence-electron chi connectivity index (χ0n) is 20.5. The van der Waals surface area contributed by atoms with Crippen molar-refractivity contribution < 1.29 is 23.1 Å². The van der Waals surface area contributed by atoms with Crippen LogP contribution in [0.1, 0.15) is 62.7 Å². The maximum atomic E-state index is 13.6. The molecule has 11 heteroatoms. The van der Waals surface area contributed by atoms with Gasteiger partial charge in [0.15, 0.2) is 5.60 Å². The number of hydrogen-bond donors (Lipinski definition) is 2. The van der Waals surface area contributed by atoms with E-state index in [1.54, 1.807) is 50.4 Å². The molecule has 3 heterocycles. The molecule has 1 aliphatic carbocycles. The molecule has 2 bridgehead atoms. The number of nitrogens with one attached hydrogen (secondary N) is 2. The number of rotatable bonds is 7. The van der Waals surface area contributed by atoms with E-state index in [2.05, 4.69) is 15.6 Å². The minimum Gasteiger partial charge on any atom is -0.476 e. The predicted octanol–water partition coefficient (Wildman–Crippen LogP) is 5.35. The third-order valence-corrected chi connectivity index (χ3v) is 7.92. The third kappa shape index (κ3) is 4.95. The van der Waals surface area contributed by atoms with Crippen LogP contribution in [0.2, 0.25) is 10.0 Å². The minimum atomic E-state index is -2.88. The molecule has 2 amide bonds. The van der Waals surface area contributed by atoms with E-state index in [-0.39, 0.29) is 29.0 Å². The zero-order valence-corrected chi connectivity index (χ0v) is 22.0. The molecule has 3 atom stereocenters. The summed E-state index contributed by atoms with van der Waals surface area (Å²) in [6, 6.07) is 6.85. The van der Waals surface area contributed by atoms with Crippen LogP contribution >= 0.6 is 23.2 Å². The molecular weight excluding hydrogens is 525 g/mol. The summed E-state index contributed by atoms with van der Waals surface area (Å²) in [5.74, 6) is -3.13. The molecule has 7 nitrogen and oxygen atoms in total. The van der Waals surface area contributed by atoms with Gasteiger partial charge in [0.05, 0.1) is 16.6 Å². The Bertz CT molecular complexity index is 1240. The Morgan fingerprint density at radius 1 is 1.19 bits per heavy atom. The SMILES string of the molecule is CC(C)(Oc1ccc(Cl)cc1Cl)C(=O)NC12CCCC(CC1)N2c1ncccc1C(=O)NC1CC1(F)F. The van der Waals surface area contributed by atoms with Crippen molar-refractivity contribution in [1.29, 1.82) is 0 Å². The molecule has 1 aromatic heterocycles. The number of aromatic nitrogens is 1. The number of ether oxygens (including phenoxy) is 1. The summed E-state index contributed by atoms with van der Waals surface area (Å²) in [7, 11) is 0. The number of carbonyl (C=O) groups is 2. The van der Waals surface area contributed by atoms with E-state index in [0.717, 1.165) is 19.3 Å². The number of halogens is 4. The highest BCUT2D eigenvalue weighted by molar-refractivity contribution is 6.35. The number of hydrogen-bond acceptors (Lipinski definition) is 5. The van der Waals surface area contributed by atoms with Gasteiger partial charge in [0.2, 0.25) is 0 Å². The molecule has 2 N–H and O–H groups in total. The summed E-state index contributed by atoms with van der Waals surface area (Å²) in [5.41, 5.74) is -1.87. The largest absolute Gasteiger partial charge is 0.476 e. The summed E-state index contributed by atoms with van der Waals surface area (Å²) in [6.45, 7) is 3.30. The van der Waals surface area contributed by atoms with Crippen LogP contribution < -0.4 is 20.3 Å². The van der Waals surface area contributed by atoms with E-state index >= 15 is 0 Å². The Hall–Kier alpha value is -2.65. The lowest BCUT2D eigenvalue weighted by Crippen LogP contribution is -2.65. The third-order valence-electron chi connectivity index (χ3n) is 7.39. The molecule has 198 valence electrons. The van der Waals surface area contributed by atoms with E-state index in [0.29, 0.717) is 29.4 Å². The second kappa shape index (κ2) is 9.27. The molecule has 2 saturated heterocycles. The maximum absolute atomic E-state index is 13.6. The number of piperidine rings is 1. The van der Waals surface area contributed by atoms with Gasteiger partial charge in [-0.2, -0.15) is 0 Å². The highest BCUT2D eigenvalue weighted by atomic mass is 35.5. The Kier molecular flexibility index (Phi) is 6.51. The van der Waals surface area contributed by atoms with Crippen molar-refractivity contribution in [2.75, 3.05) is 4.90 Å². The fourth-order valence-electron chi connectivity index (χ4n) is 5.33. The standard InChI is InChI=1S/C26H28Cl2F2N4O3/c1-24(2,37-19-8-7-15(27)13-18(19)28)23(36)33-25-10-3-5-16(9-11-25)34(25)21-17(6-4-12-31-21)22(35)32-20-14-26(20,29)30/h4,6-8,12-13,16,20H,3,5,9-11,14H2,1-2H3,(H,32,35)(H,33,36). The molecule has 0 radical (unpaired) electrons. The summed E-state index contributed by atoms with van der Waals surface area (Å²) >= 11 is 12.2. The molecule has 2 aromatic rings. The van der Waals surface area contributed by atoms with Crippen molar-refractivity contribution in [3.05, 3.63) is 52.1 Å². The van der Waals surface area contributed by atoms with Crippen LogP contribution in [0.4, 0.5) is 14.6 Å². The van der Waals surface area contributed by atoms with Crippen molar-refractivity contribution in [2.45, 2.75) is 81.6 Å². The first-order valence-corrected chi connectivity index (χ1v) is 13.1. The Morgan fingerprint density at radius 3 is 2.65 bits per heavy atom. The molecular formula is C26H28Cl2F2N4O3. The molecule has 3 aliphatic rings. The number of carbonyl (C=O) groups excluding carboxylic acids is 2. The van der Waals surface area contributed by atoms with E-state index < -0.39 is 29.1 Å². The number of alkyl halides is 2. The van der Waals surface area contributed by atoms with E-state index in [4.69, 9.17) is 27.9 Å². The van der Waals surface area contributed by atoms with Crippen LogP contribution in [-0.4, -0.2) is 46.1 Å². The highest BCUT2D eigenvalue weighted by Gasteiger charge is 2.58. The van der Waals surface area contributed by atoms with Crippen molar-refractivity contribution in [2.24, 2.45) is 0 Å². The minimum absolute atomic E-state index is 0.0487. The van der Waals surface area contributed by atoms with Crippen LogP contribution in [0.25, 0.3) is 0 Å². The fraction of sp³-hybridized carbons (Fsp3) is 0.500. The van der Waals surface area contributed by atoms with Gasteiger partial charge in [-0.05, 0) is 76.3 Å². The quantitative estimate of drug-likeness (QED) is 0.483.